The van der Waals surface area contributed by atoms with Crippen LogP contribution in [0.1, 0.15) is 40.6 Å². The van der Waals surface area contributed by atoms with Crippen LogP contribution in [0.15, 0.2) is 18.3 Å². The zero-order chi connectivity index (χ0) is 12.0. The Morgan fingerprint density at radius 1 is 1.50 bits per heavy atom. The van der Waals surface area contributed by atoms with E-state index < -0.39 is 11.9 Å². The van der Waals surface area contributed by atoms with Gasteiger partial charge in [-0.25, -0.2) is 14.6 Å². The highest BCUT2D eigenvalue weighted by atomic mass is 16.5. The Kier molecular flexibility index (Phi) is 4.44. The zero-order valence-electron chi connectivity index (χ0n) is 8.97. The van der Waals surface area contributed by atoms with Gasteiger partial charge in [0.1, 0.15) is 0 Å². The number of rotatable bonds is 5. The minimum atomic E-state index is -1.18. The van der Waals surface area contributed by atoms with Gasteiger partial charge in [0.2, 0.25) is 0 Å². The van der Waals surface area contributed by atoms with Gasteiger partial charge in [-0.3, -0.25) is 0 Å². The third-order valence-electron chi connectivity index (χ3n) is 1.96. The fraction of sp³-hybridized carbons (Fsp3) is 0.364. The molecule has 1 aromatic heterocycles. The smallest absolute Gasteiger partial charge is 0.357 e. The molecule has 16 heavy (non-hydrogen) atoms. The van der Waals surface area contributed by atoms with Crippen LogP contribution in [0, 0.1) is 0 Å². The summed E-state index contributed by atoms with van der Waals surface area (Å²) in [6.45, 7) is 2.25. The van der Waals surface area contributed by atoms with Crippen molar-refractivity contribution in [3.05, 3.63) is 29.6 Å². The van der Waals surface area contributed by atoms with Gasteiger partial charge in [-0.1, -0.05) is 13.3 Å². The predicted octanol–water partition coefficient (Wildman–Crippen LogP) is 1.74. The van der Waals surface area contributed by atoms with E-state index in [2.05, 4.69) is 4.98 Å². The van der Waals surface area contributed by atoms with E-state index >= 15 is 0 Å². The van der Waals surface area contributed by atoms with E-state index in [0.717, 1.165) is 12.8 Å². The lowest BCUT2D eigenvalue weighted by molar-refractivity contribution is 0.0482. The highest BCUT2D eigenvalue weighted by Gasteiger charge is 2.18. The standard InChI is InChI=1S/C11H13NO4/c1-2-3-7-16-11(15)9-8(10(13)14)5-4-6-12-9/h4-6H,2-3,7H2,1H3,(H,13,14). The number of aromatic carboxylic acids is 1. The number of carbonyl (C=O) groups excluding carboxylic acids is 1. The maximum absolute atomic E-state index is 11.5. The van der Waals surface area contributed by atoms with Crippen molar-refractivity contribution < 1.29 is 19.4 Å². The van der Waals surface area contributed by atoms with Crippen LogP contribution < -0.4 is 0 Å². The predicted molar refractivity (Wildman–Crippen MR) is 56.4 cm³/mol. The topological polar surface area (TPSA) is 76.5 Å². The first-order valence-corrected chi connectivity index (χ1v) is 5.02. The summed E-state index contributed by atoms with van der Waals surface area (Å²) in [5.41, 5.74) is -0.282. The first-order valence-electron chi connectivity index (χ1n) is 5.02. The first kappa shape index (κ1) is 12.2. The van der Waals surface area contributed by atoms with Crippen molar-refractivity contribution in [2.45, 2.75) is 19.8 Å². The average Bonchev–Trinajstić information content (AvgIpc) is 2.29. The summed E-state index contributed by atoms with van der Waals surface area (Å²) >= 11 is 0. The van der Waals surface area contributed by atoms with E-state index in [1.54, 1.807) is 0 Å². The second-order valence-corrected chi connectivity index (χ2v) is 3.19. The molecule has 0 saturated heterocycles. The Balaban J connectivity index is 2.78. The molecule has 0 aliphatic rings. The largest absolute Gasteiger partial charge is 0.478 e. The fourth-order valence-corrected chi connectivity index (χ4v) is 1.12. The van der Waals surface area contributed by atoms with E-state index in [4.69, 9.17) is 9.84 Å². The molecule has 0 radical (unpaired) electrons. The molecule has 5 nitrogen and oxygen atoms in total. The zero-order valence-corrected chi connectivity index (χ0v) is 8.97. The summed E-state index contributed by atoms with van der Waals surface area (Å²) in [5, 5.41) is 8.84. The SMILES string of the molecule is CCCCOC(=O)c1ncccc1C(=O)O. The number of carboxylic acid groups (broad SMARTS) is 1. The molecule has 1 heterocycles. The van der Waals surface area contributed by atoms with Crippen LogP contribution in [0.5, 0.6) is 0 Å². The van der Waals surface area contributed by atoms with Crippen molar-refractivity contribution in [1.29, 1.82) is 0 Å². The Morgan fingerprint density at radius 2 is 2.25 bits per heavy atom. The van der Waals surface area contributed by atoms with Crippen LogP contribution in [0.25, 0.3) is 0 Å². The molecule has 0 spiro atoms. The third kappa shape index (κ3) is 3.05. The molecule has 1 N–H and O–H groups in total. The number of unbranched alkanes of at least 4 members (excludes halogenated alkanes) is 1. The second kappa shape index (κ2) is 5.85. The van der Waals surface area contributed by atoms with Crippen LogP contribution in [-0.2, 0) is 4.74 Å². The number of hydrogen-bond acceptors (Lipinski definition) is 4. The lowest BCUT2D eigenvalue weighted by Crippen LogP contribution is -2.14. The van der Waals surface area contributed by atoms with Gasteiger partial charge in [-0.15, -0.1) is 0 Å². The summed E-state index contributed by atoms with van der Waals surface area (Å²) in [4.78, 5) is 26.0. The van der Waals surface area contributed by atoms with Crippen LogP contribution >= 0.6 is 0 Å². The van der Waals surface area contributed by atoms with Gasteiger partial charge in [-0.05, 0) is 18.6 Å². The third-order valence-corrected chi connectivity index (χ3v) is 1.96. The van der Waals surface area contributed by atoms with Crippen molar-refractivity contribution in [2.24, 2.45) is 0 Å². The minimum absolute atomic E-state index is 0.135. The molecule has 0 bridgehead atoms. The van der Waals surface area contributed by atoms with Crippen LogP contribution in [0.2, 0.25) is 0 Å². The van der Waals surface area contributed by atoms with Gasteiger partial charge >= 0.3 is 11.9 Å². The number of aromatic nitrogens is 1. The van der Waals surface area contributed by atoms with Gasteiger partial charge in [-0.2, -0.15) is 0 Å². The lowest BCUT2D eigenvalue weighted by atomic mass is 10.2. The molecule has 86 valence electrons. The molecule has 0 atom stereocenters. The molecule has 1 aromatic rings. The number of ether oxygens (including phenoxy) is 1. The molecule has 0 saturated carbocycles. The van der Waals surface area contributed by atoms with Crippen molar-refractivity contribution >= 4 is 11.9 Å². The molecular formula is C11H13NO4. The summed E-state index contributed by atoms with van der Waals surface area (Å²) in [5.74, 6) is -1.87. The van der Waals surface area contributed by atoms with Crippen molar-refractivity contribution in [3.63, 3.8) is 0 Å². The van der Waals surface area contributed by atoms with Crippen LogP contribution in [-0.4, -0.2) is 28.6 Å². The lowest BCUT2D eigenvalue weighted by Gasteiger charge is -2.05. The molecule has 5 heteroatoms. The molecule has 0 amide bonds. The molecule has 1 rings (SSSR count). The molecule has 0 aliphatic carbocycles. The maximum Gasteiger partial charge on any atom is 0.357 e. The van der Waals surface area contributed by atoms with Gasteiger partial charge in [0, 0.05) is 6.20 Å². The van der Waals surface area contributed by atoms with Crippen molar-refractivity contribution in [3.8, 4) is 0 Å². The van der Waals surface area contributed by atoms with E-state index in [9.17, 15) is 9.59 Å². The van der Waals surface area contributed by atoms with E-state index in [-0.39, 0.29) is 17.9 Å². The molecule has 0 aromatic carbocycles. The highest BCUT2D eigenvalue weighted by molar-refractivity contribution is 6.00. The van der Waals surface area contributed by atoms with E-state index in [0.29, 0.717) is 0 Å². The second-order valence-electron chi connectivity index (χ2n) is 3.19. The summed E-state index contributed by atoms with van der Waals surface area (Å²) in [7, 11) is 0. The molecule has 0 aliphatic heterocycles. The Labute approximate surface area is 93.1 Å². The maximum atomic E-state index is 11.5. The number of carbonyl (C=O) groups is 2. The number of hydrogen-bond donors (Lipinski definition) is 1. The average molecular weight is 223 g/mol. The van der Waals surface area contributed by atoms with Gasteiger partial charge in [0.05, 0.1) is 12.2 Å². The van der Waals surface area contributed by atoms with Crippen LogP contribution in [0.3, 0.4) is 0 Å². The van der Waals surface area contributed by atoms with Gasteiger partial charge in [0.25, 0.3) is 0 Å². The Bertz CT molecular complexity index is 389. The quantitative estimate of drug-likeness (QED) is 0.607. The van der Waals surface area contributed by atoms with E-state index in [1.165, 1.54) is 18.3 Å². The molecule has 0 unspecified atom stereocenters. The Morgan fingerprint density at radius 3 is 2.88 bits per heavy atom. The summed E-state index contributed by atoms with van der Waals surface area (Å²) < 4.78 is 4.89. The van der Waals surface area contributed by atoms with Gasteiger partial charge < -0.3 is 9.84 Å². The van der Waals surface area contributed by atoms with E-state index in [1.807, 2.05) is 6.92 Å². The molecular weight excluding hydrogens is 210 g/mol. The van der Waals surface area contributed by atoms with Gasteiger partial charge in [0.15, 0.2) is 5.69 Å². The highest BCUT2D eigenvalue weighted by Crippen LogP contribution is 2.07. The van der Waals surface area contributed by atoms with Crippen molar-refractivity contribution in [1.82, 2.24) is 4.98 Å². The van der Waals surface area contributed by atoms with Crippen LogP contribution in [0.4, 0.5) is 0 Å². The number of carboxylic acids is 1. The monoisotopic (exact) mass is 223 g/mol. The number of esters is 1. The summed E-state index contributed by atoms with van der Waals surface area (Å²) in [6, 6.07) is 2.79. The fourth-order valence-electron chi connectivity index (χ4n) is 1.12. The summed E-state index contributed by atoms with van der Waals surface area (Å²) in [6.07, 6.45) is 3.02. The number of nitrogens with zero attached hydrogens (tertiary/aromatic N) is 1. The van der Waals surface area contributed by atoms with Crippen molar-refractivity contribution in [2.75, 3.05) is 6.61 Å². The first-order chi connectivity index (χ1) is 7.66. The number of pyridine rings is 1. The molecule has 0 fully saturated rings. The normalized spacial score (nSPS) is 9.81. The minimum Gasteiger partial charge on any atom is -0.478 e. The Hall–Kier alpha value is -1.91.